The number of hydrogen-bond donors (Lipinski definition) is 4. The molecule has 2 unspecified atom stereocenters. The van der Waals surface area contributed by atoms with Gasteiger partial charge in [0.2, 0.25) is 5.91 Å². The van der Waals surface area contributed by atoms with Crippen LogP contribution >= 0.6 is 0 Å². The van der Waals surface area contributed by atoms with Gasteiger partial charge in [-0.1, -0.05) is 18.2 Å². The molecule has 1 aromatic carbocycles. The number of para-hydroxylation sites is 1. The van der Waals surface area contributed by atoms with Crippen molar-refractivity contribution in [3.63, 3.8) is 0 Å². The van der Waals surface area contributed by atoms with Crippen molar-refractivity contribution >= 4 is 23.5 Å². The SMILES string of the molecule is O=C(O)CCC(NC(=O)C1CNc2ccccc21)C(=O)O. The Morgan fingerprint density at radius 1 is 1.29 bits per heavy atom. The van der Waals surface area contributed by atoms with E-state index in [4.69, 9.17) is 10.2 Å². The Balaban J connectivity index is 2.03. The zero-order valence-corrected chi connectivity index (χ0v) is 11.2. The fraction of sp³-hybridized carbons (Fsp3) is 0.357. The molecule has 1 heterocycles. The largest absolute Gasteiger partial charge is 0.481 e. The smallest absolute Gasteiger partial charge is 0.326 e. The van der Waals surface area contributed by atoms with Gasteiger partial charge in [-0.3, -0.25) is 9.59 Å². The predicted molar refractivity (Wildman–Crippen MR) is 74.1 cm³/mol. The van der Waals surface area contributed by atoms with Crippen molar-refractivity contribution in [2.45, 2.75) is 24.8 Å². The average molecular weight is 292 g/mol. The van der Waals surface area contributed by atoms with Crippen molar-refractivity contribution in [3.8, 4) is 0 Å². The second-order valence-corrected chi connectivity index (χ2v) is 4.85. The van der Waals surface area contributed by atoms with Crippen LogP contribution in [0, 0.1) is 0 Å². The third-order valence-electron chi connectivity index (χ3n) is 3.41. The van der Waals surface area contributed by atoms with Crippen LogP contribution in [-0.2, 0) is 14.4 Å². The van der Waals surface area contributed by atoms with Gasteiger partial charge in [-0.05, 0) is 18.1 Å². The quantitative estimate of drug-likeness (QED) is 0.611. The molecule has 7 nitrogen and oxygen atoms in total. The number of aliphatic carboxylic acids is 2. The molecule has 0 spiro atoms. The highest BCUT2D eigenvalue weighted by molar-refractivity contribution is 5.91. The number of anilines is 1. The van der Waals surface area contributed by atoms with Crippen molar-refractivity contribution in [2.75, 3.05) is 11.9 Å². The summed E-state index contributed by atoms with van der Waals surface area (Å²) in [5, 5.41) is 23.1. The molecule has 0 radical (unpaired) electrons. The van der Waals surface area contributed by atoms with E-state index in [0.29, 0.717) is 6.54 Å². The first kappa shape index (κ1) is 14.8. The number of carbonyl (C=O) groups is 3. The Bertz CT molecular complexity index is 572. The van der Waals surface area contributed by atoms with Crippen LogP contribution < -0.4 is 10.6 Å². The summed E-state index contributed by atoms with van der Waals surface area (Å²) in [5.41, 5.74) is 1.67. The molecule has 2 rings (SSSR count). The van der Waals surface area contributed by atoms with Gasteiger partial charge in [0.25, 0.3) is 0 Å². The summed E-state index contributed by atoms with van der Waals surface area (Å²) in [6.07, 6.45) is -0.449. The lowest BCUT2D eigenvalue weighted by Crippen LogP contribution is -2.43. The lowest BCUT2D eigenvalue weighted by atomic mass is 9.99. The first-order valence-electron chi connectivity index (χ1n) is 6.57. The molecule has 2 atom stereocenters. The van der Waals surface area contributed by atoms with Gasteiger partial charge in [0.1, 0.15) is 6.04 Å². The number of carboxylic acid groups (broad SMARTS) is 2. The van der Waals surface area contributed by atoms with Crippen LogP contribution in [0.25, 0.3) is 0 Å². The molecule has 1 aliphatic rings. The van der Waals surface area contributed by atoms with Crippen LogP contribution in [0.5, 0.6) is 0 Å². The molecule has 0 fully saturated rings. The van der Waals surface area contributed by atoms with E-state index >= 15 is 0 Å². The summed E-state index contributed by atoms with van der Waals surface area (Å²) >= 11 is 0. The maximum Gasteiger partial charge on any atom is 0.326 e. The molecule has 0 aliphatic carbocycles. The van der Waals surface area contributed by atoms with Crippen molar-refractivity contribution in [1.82, 2.24) is 5.32 Å². The zero-order valence-electron chi connectivity index (χ0n) is 11.2. The van der Waals surface area contributed by atoms with Crippen LogP contribution in [-0.4, -0.2) is 40.6 Å². The van der Waals surface area contributed by atoms with E-state index in [1.165, 1.54) is 0 Å². The Labute approximate surface area is 121 Å². The van der Waals surface area contributed by atoms with Crippen LogP contribution in [0.15, 0.2) is 24.3 Å². The van der Waals surface area contributed by atoms with E-state index in [-0.39, 0.29) is 12.8 Å². The molecule has 1 amide bonds. The fourth-order valence-electron chi connectivity index (χ4n) is 2.32. The monoisotopic (exact) mass is 292 g/mol. The highest BCUT2D eigenvalue weighted by Crippen LogP contribution is 2.31. The first-order valence-corrected chi connectivity index (χ1v) is 6.57. The lowest BCUT2D eigenvalue weighted by molar-refractivity contribution is -0.143. The second kappa shape index (κ2) is 6.25. The van der Waals surface area contributed by atoms with Gasteiger partial charge in [0.15, 0.2) is 0 Å². The van der Waals surface area contributed by atoms with Gasteiger partial charge in [-0.2, -0.15) is 0 Å². The minimum absolute atomic E-state index is 0.141. The average Bonchev–Trinajstić information content (AvgIpc) is 2.86. The number of nitrogens with one attached hydrogen (secondary N) is 2. The minimum Gasteiger partial charge on any atom is -0.481 e. The molecule has 1 aliphatic heterocycles. The number of rotatable bonds is 6. The number of carboxylic acids is 2. The summed E-state index contributed by atoms with van der Waals surface area (Å²) < 4.78 is 0. The van der Waals surface area contributed by atoms with E-state index < -0.39 is 29.8 Å². The number of benzene rings is 1. The van der Waals surface area contributed by atoms with Crippen molar-refractivity contribution < 1.29 is 24.6 Å². The molecule has 112 valence electrons. The van der Waals surface area contributed by atoms with Crippen LogP contribution in [0.3, 0.4) is 0 Å². The normalized spacial score (nSPS) is 17.4. The fourth-order valence-corrected chi connectivity index (χ4v) is 2.32. The first-order chi connectivity index (χ1) is 9.99. The van der Waals surface area contributed by atoms with Gasteiger partial charge < -0.3 is 20.8 Å². The topological polar surface area (TPSA) is 116 Å². The van der Waals surface area contributed by atoms with E-state index in [0.717, 1.165) is 11.3 Å². The summed E-state index contributed by atoms with van der Waals surface area (Å²) in [7, 11) is 0. The number of amides is 1. The highest BCUT2D eigenvalue weighted by Gasteiger charge is 2.31. The summed E-state index contributed by atoms with van der Waals surface area (Å²) in [4.78, 5) is 33.8. The molecular formula is C14H16N2O5. The second-order valence-electron chi connectivity index (χ2n) is 4.85. The molecular weight excluding hydrogens is 276 g/mol. The molecule has 4 N–H and O–H groups in total. The molecule has 1 aromatic rings. The van der Waals surface area contributed by atoms with Gasteiger partial charge >= 0.3 is 11.9 Å². The van der Waals surface area contributed by atoms with Crippen LogP contribution in [0.4, 0.5) is 5.69 Å². The summed E-state index contributed by atoms with van der Waals surface area (Å²) in [5.74, 6) is -3.20. The Morgan fingerprint density at radius 2 is 2.00 bits per heavy atom. The van der Waals surface area contributed by atoms with Crippen molar-refractivity contribution in [1.29, 1.82) is 0 Å². The molecule has 0 saturated carbocycles. The van der Waals surface area contributed by atoms with Crippen LogP contribution in [0.2, 0.25) is 0 Å². The van der Waals surface area contributed by atoms with Gasteiger partial charge in [-0.15, -0.1) is 0 Å². The number of fused-ring (bicyclic) bond motifs is 1. The molecule has 0 aromatic heterocycles. The summed E-state index contributed by atoms with van der Waals surface area (Å²) in [6, 6.07) is 6.12. The number of hydrogen-bond acceptors (Lipinski definition) is 4. The minimum atomic E-state index is -1.23. The lowest BCUT2D eigenvalue weighted by Gasteiger charge is -2.17. The predicted octanol–water partition coefficient (Wildman–Crippen LogP) is 0.630. The van der Waals surface area contributed by atoms with Gasteiger partial charge in [0.05, 0.1) is 5.92 Å². The van der Waals surface area contributed by atoms with Gasteiger partial charge in [-0.25, -0.2) is 4.79 Å². The van der Waals surface area contributed by atoms with Crippen LogP contribution in [0.1, 0.15) is 24.3 Å². The van der Waals surface area contributed by atoms with E-state index in [1.807, 2.05) is 24.3 Å². The maximum atomic E-state index is 12.2. The summed E-state index contributed by atoms with van der Waals surface area (Å²) in [6.45, 7) is 0.399. The molecule has 7 heteroatoms. The van der Waals surface area contributed by atoms with E-state index in [9.17, 15) is 14.4 Å². The van der Waals surface area contributed by atoms with E-state index in [1.54, 1.807) is 0 Å². The maximum absolute atomic E-state index is 12.2. The third kappa shape index (κ3) is 3.50. The van der Waals surface area contributed by atoms with Crippen molar-refractivity contribution in [3.05, 3.63) is 29.8 Å². The Morgan fingerprint density at radius 3 is 2.67 bits per heavy atom. The molecule has 0 bridgehead atoms. The highest BCUT2D eigenvalue weighted by atomic mass is 16.4. The standard InChI is InChI=1S/C14H16N2O5/c17-12(18)6-5-11(14(20)21)16-13(19)9-7-15-10-4-2-1-3-8(9)10/h1-4,9,11,15H,5-7H2,(H,16,19)(H,17,18)(H,20,21). The zero-order chi connectivity index (χ0) is 15.4. The molecule has 21 heavy (non-hydrogen) atoms. The third-order valence-corrected chi connectivity index (χ3v) is 3.41. The Hall–Kier alpha value is -2.57. The Kier molecular flexibility index (Phi) is 4.42. The number of carbonyl (C=O) groups excluding carboxylic acids is 1. The van der Waals surface area contributed by atoms with Crippen molar-refractivity contribution in [2.24, 2.45) is 0 Å². The van der Waals surface area contributed by atoms with Gasteiger partial charge in [0, 0.05) is 18.7 Å². The van der Waals surface area contributed by atoms with E-state index in [2.05, 4.69) is 10.6 Å². The molecule has 0 saturated heterocycles.